The molecule has 0 aliphatic rings. The summed E-state index contributed by atoms with van der Waals surface area (Å²) in [5, 5.41) is 4.65. The van der Waals surface area contributed by atoms with E-state index >= 15 is 0 Å². The molecule has 0 radical (unpaired) electrons. The van der Waals surface area contributed by atoms with Crippen molar-refractivity contribution in [1.29, 1.82) is 0 Å². The van der Waals surface area contributed by atoms with Crippen LogP contribution in [-0.4, -0.2) is 0 Å². The molecular formula is C16H15BrCl2FN. The number of halogens is 4. The summed E-state index contributed by atoms with van der Waals surface area (Å²) in [6.07, 6.45) is 0.843. The molecule has 21 heavy (non-hydrogen) atoms. The lowest BCUT2D eigenvalue weighted by atomic mass is 10.0. The maximum atomic E-state index is 13.5. The van der Waals surface area contributed by atoms with Crippen molar-refractivity contribution < 1.29 is 4.39 Å². The van der Waals surface area contributed by atoms with Crippen LogP contribution in [0.1, 0.15) is 30.5 Å². The quantitative estimate of drug-likeness (QED) is 0.607. The zero-order valence-electron chi connectivity index (χ0n) is 11.7. The number of rotatable bonds is 4. The van der Waals surface area contributed by atoms with Gasteiger partial charge in [-0.3, -0.25) is 0 Å². The lowest BCUT2D eigenvalue weighted by Crippen LogP contribution is -2.11. The molecular weight excluding hydrogens is 376 g/mol. The number of benzene rings is 2. The van der Waals surface area contributed by atoms with E-state index in [1.807, 2.05) is 19.1 Å². The van der Waals surface area contributed by atoms with Gasteiger partial charge in [-0.25, -0.2) is 4.39 Å². The fourth-order valence-electron chi connectivity index (χ4n) is 2.17. The van der Waals surface area contributed by atoms with Crippen LogP contribution in [0, 0.1) is 12.7 Å². The molecule has 0 saturated carbocycles. The molecule has 2 rings (SSSR count). The lowest BCUT2D eigenvalue weighted by Gasteiger charge is -2.21. The van der Waals surface area contributed by atoms with Crippen LogP contribution in [0.25, 0.3) is 0 Å². The minimum atomic E-state index is -0.268. The van der Waals surface area contributed by atoms with Crippen molar-refractivity contribution in [3.8, 4) is 0 Å². The van der Waals surface area contributed by atoms with E-state index in [9.17, 15) is 4.39 Å². The first-order chi connectivity index (χ1) is 9.92. The first-order valence-electron chi connectivity index (χ1n) is 6.59. The highest BCUT2D eigenvalue weighted by Gasteiger charge is 2.15. The van der Waals surface area contributed by atoms with Gasteiger partial charge >= 0.3 is 0 Å². The Morgan fingerprint density at radius 1 is 1.24 bits per heavy atom. The second-order valence-electron chi connectivity index (χ2n) is 4.85. The van der Waals surface area contributed by atoms with Crippen molar-refractivity contribution in [2.24, 2.45) is 0 Å². The molecule has 0 amide bonds. The Morgan fingerprint density at radius 2 is 1.95 bits per heavy atom. The third kappa shape index (κ3) is 3.91. The molecule has 1 N–H and O–H groups in total. The summed E-state index contributed by atoms with van der Waals surface area (Å²) in [6, 6.07) is 8.75. The van der Waals surface area contributed by atoms with Gasteiger partial charge in [0.05, 0.1) is 10.5 Å². The molecule has 1 nitrogen and oxygen atoms in total. The standard InChI is InChI=1S/C16H15BrCl2FN/c1-3-15(11-5-4-10(18)7-13(11)19)21-16-8-12(17)14(20)6-9(16)2/h4-8,15,21H,3H2,1-2H3. The molecule has 0 aromatic heterocycles. The van der Waals surface area contributed by atoms with Gasteiger partial charge in [-0.2, -0.15) is 0 Å². The summed E-state index contributed by atoms with van der Waals surface area (Å²) in [6.45, 7) is 3.94. The molecule has 112 valence electrons. The maximum absolute atomic E-state index is 13.5. The van der Waals surface area contributed by atoms with Gasteiger partial charge in [0.25, 0.3) is 0 Å². The van der Waals surface area contributed by atoms with Crippen LogP contribution >= 0.6 is 39.1 Å². The topological polar surface area (TPSA) is 12.0 Å². The number of hydrogen-bond acceptors (Lipinski definition) is 1. The molecule has 0 saturated heterocycles. The van der Waals surface area contributed by atoms with E-state index in [0.29, 0.717) is 14.5 Å². The molecule has 5 heteroatoms. The molecule has 2 aromatic carbocycles. The summed E-state index contributed by atoms with van der Waals surface area (Å²) in [4.78, 5) is 0. The minimum absolute atomic E-state index is 0.0332. The average molecular weight is 391 g/mol. The van der Waals surface area contributed by atoms with Crippen molar-refractivity contribution in [2.45, 2.75) is 26.3 Å². The normalized spacial score (nSPS) is 12.3. The molecule has 0 aliphatic carbocycles. The fraction of sp³-hybridized carbons (Fsp3) is 0.250. The number of hydrogen-bond donors (Lipinski definition) is 1. The van der Waals surface area contributed by atoms with Crippen molar-refractivity contribution in [3.05, 3.63) is 61.8 Å². The fourth-order valence-corrected chi connectivity index (χ4v) is 3.06. The van der Waals surface area contributed by atoms with E-state index < -0.39 is 0 Å². The first-order valence-corrected chi connectivity index (χ1v) is 8.14. The second-order valence-corrected chi connectivity index (χ2v) is 6.55. The van der Waals surface area contributed by atoms with Gasteiger partial charge in [0.2, 0.25) is 0 Å². The third-order valence-corrected chi connectivity index (χ3v) is 4.51. The van der Waals surface area contributed by atoms with Crippen LogP contribution < -0.4 is 5.32 Å². The molecule has 0 heterocycles. The van der Waals surface area contributed by atoms with Crippen molar-refractivity contribution in [1.82, 2.24) is 0 Å². The largest absolute Gasteiger partial charge is 0.378 e. The highest BCUT2D eigenvalue weighted by atomic mass is 79.9. The second kappa shape index (κ2) is 6.99. The van der Waals surface area contributed by atoms with Crippen LogP contribution in [-0.2, 0) is 0 Å². The number of nitrogens with one attached hydrogen (secondary N) is 1. The number of aryl methyl sites for hydroxylation is 1. The van der Waals surface area contributed by atoms with Crippen molar-refractivity contribution >= 4 is 44.8 Å². The van der Waals surface area contributed by atoms with Crippen LogP contribution in [0.5, 0.6) is 0 Å². The maximum Gasteiger partial charge on any atom is 0.137 e. The van der Waals surface area contributed by atoms with Crippen molar-refractivity contribution in [3.63, 3.8) is 0 Å². The Labute approximate surface area is 142 Å². The summed E-state index contributed by atoms with van der Waals surface area (Å²) in [7, 11) is 0. The Balaban J connectivity index is 2.33. The van der Waals surface area contributed by atoms with Gasteiger partial charge in [0, 0.05) is 15.7 Å². The van der Waals surface area contributed by atoms with E-state index in [0.717, 1.165) is 23.2 Å². The van der Waals surface area contributed by atoms with Gasteiger partial charge in [0.15, 0.2) is 0 Å². The Morgan fingerprint density at radius 3 is 2.57 bits per heavy atom. The van der Waals surface area contributed by atoms with Crippen molar-refractivity contribution in [2.75, 3.05) is 5.32 Å². The van der Waals surface area contributed by atoms with Gasteiger partial charge in [-0.1, -0.05) is 36.2 Å². The Kier molecular flexibility index (Phi) is 5.53. The zero-order valence-corrected chi connectivity index (χ0v) is 14.8. The van der Waals surface area contributed by atoms with Crippen LogP contribution in [0.2, 0.25) is 10.0 Å². The van der Waals surface area contributed by atoms with Gasteiger partial charge in [0.1, 0.15) is 5.82 Å². The smallest absolute Gasteiger partial charge is 0.137 e. The lowest BCUT2D eigenvalue weighted by molar-refractivity contribution is 0.619. The van der Waals surface area contributed by atoms with E-state index in [1.165, 1.54) is 6.07 Å². The van der Waals surface area contributed by atoms with E-state index in [2.05, 4.69) is 28.2 Å². The SMILES string of the molecule is CCC(Nc1cc(Br)c(F)cc1C)c1ccc(Cl)cc1Cl. The summed E-state index contributed by atoms with van der Waals surface area (Å²) >= 11 is 15.4. The molecule has 0 spiro atoms. The molecule has 1 atom stereocenters. The highest BCUT2D eigenvalue weighted by Crippen LogP contribution is 2.33. The summed E-state index contributed by atoms with van der Waals surface area (Å²) in [5.41, 5.74) is 2.70. The minimum Gasteiger partial charge on any atom is -0.378 e. The Hall–Kier alpha value is -0.770. The third-order valence-electron chi connectivity index (χ3n) is 3.34. The van der Waals surface area contributed by atoms with Crippen LogP contribution in [0.4, 0.5) is 10.1 Å². The zero-order chi connectivity index (χ0) is 15.6. The number of anilines is 1. The molecule has 1 unspecified atom stereocenters. The van der Waals surface area contributed by atoms with Gasteiger partial charge in [-0.15, -0.1) is 0 Å². The van der Waals surface area contributed by atoms with Crippen LogP contribution in [0.3, 0.4) is 0 Å². The summed E-state index contributed by atoms with van der Waals surface area (Å²) < 4.78 is 13.9. The first kappa shape index (κ1) is 16.6. The molecule has 0 aliphatic heterocycles. The predicted octanol–water partition coefficient (Wildman–Crippen LogP) is 6.77. The highest BCUT2D eigenvalue weighted by molar-refractivity contribution is 9.10. The van der Waals surface area contributed by atoms with Gasteiger partial charge < -0.3 is 5.32 Å². The van der Waals surface area contributed by atoms with E-state index in [1.54, 1.807) is 12.1 Å². The van der Waals surface area contributed by atoms with E-state index in [4.69, 9.17) is 23.2 Å². The van der Waals surface area contributed by atoms with Gasteiger partial charge in [-0.05, 0) is 64.7 Å². The Bertz CT molecular complexity index is 661. The molecule has 0 fully saturated rings. The molecule has 2 aromatic rings. The van der Waals surface area contributed by atoms with Crippen LogP contribution in [0.15, 0.2) is 34.8 Å². The molecule has 0 bridgehead atoms. The predicted molar refractivity (Wildman–Crippen MR) is 92.0 cm³/mol. The van der Waals surface area contributed by atoms with E-state index in [-0.39, 0.29) is 11.9 Å². The summed E-state index contributed by atoms with van der Waals surface area (Å²) in [5.74, 6) is -0.268. The average Bonchev–Trinajstić information content (AvgIpc) is 2.42. The monoisotopic (exact) mass is 389 g/mol.